The van der Waals surface area contributed by atoms with E-state index in [9.17, 15) is 14.4 Å². The summed E-state index contributed by atoms with van der Waals surface area (Å²) in [7, 11) is 1.39. The number of aromatic nitrogens is 2. The second-order valence-electron chi connectivity index (χ2n) is 7.26. The van der Waals surface area contributed by atoms with Crippen LogP contribution in [0, 0.1) is 11.8 Å². The molecule has 134 valence electrons. The summed E-state index contributed by atoms with van der Waals surface area (Å²) in [5.74, 6) is 0.859. The Morgan fingerprint density at radius 3 is 2.38 bits per heavy atom. The molecule has 2 rings (SSSR count). The lowest BCUT2D eigenvalue weighted by atomic mass is 9.91. The van der Waals surface area contributed by atoms with E-state index in [0.717, 1.165) is 17.7 Å². The Balaban J connectivity index is 2.35. The van der Waals surface area contributed by atoms with Crippen LogP contribution in [0.1, 0.15) is 44.0 Å². The fourth-order valence-electron chi connectivity index (χ4n) is 3.87. The number of likely N-dealkylation sites (tertiary alicyclic amines) is 1. The largest absolute Gasteiger partial charge is 0.384 e. The quantitative estimate of drug-likeness (QED) is 0.694. The molecular weight excluding hydrogens is 308 g/mol. The number of rotatable bonds is 5. The summed E-state index contributed by atoms with van der Waals surface area (Å²) >= 11 is 0. The monoisotopic (exact) mass is 337 g/mol. The smallest absolute Gasteiger partial charge is 0.332 e. The molecule has 1 fully saturated rings. The highest BCUT2D eigenvalue weighted by molar-refractivity contribution is 6.00. The molecule has 0 saturated carbocycles. The van der Waals surface area contributed by atoms with Crippen molar-refractivity contribution in [2.45, 2.75) is 40.2 Å². The molecule has 0 aromatic carbocycles. The van der Waals surface area contributed by atoms with Crippen molar-refractivity contribution in [2.24, 2.45) is 18.9 Å². The summed E-state index contributed by atoms with van der Waals surface area (Å²) in [5, 5.41) is 0. The number of carbonyl (C=O) groups excluding carboxylic acids is 1. The topological polar surface area (TPSA) is 91.5 Å². The second kappa shape index (κ2) is 7.34. The van der Waals surface area contributed by atoms with E-state index in [2.05, 4.69) is 13.8 Å². The van der Waals surface area contributed by atoms with Crippen LogP contribution in [-0.4, -0.2) is 34.6 Å². The molecule has 0 spiro atoms. The minimum Gasteiger partial charge on any atom is -0.384 e. The number of carbonyl (C=O) groups is 1. The number of hydrogen-bond donors (Lipinski definition) is 2. The van der Waals surface area contributed by atoms with Gasteiger partial charge in [-0.25, -0.2) is 4.79 Å². The minimum atomic E-state index is -0.590. The van der Waals surface area contributed by atoms with Gasteiger partial charge in [-0.15, -0.1) is 0 Å². The molecule has 24 heavy (non-hydrogen) atoms. The maximum atomic E-state index is 12.8. The lowest BCUT2D eigenvalue weighted by molar-refractivity contribution is -0.903. The van der Waals surface area contributed by atoms with E-state index >= 15 is 0 Å². The zero-order chi connectivity index (χ0) is 18.0. The Kier molecular flexibility index (Phi) is 5.64. The van der Waals surface area contributed by atoms with E-state index in [1.807, 2.05) is 6.92 Å². The third-order valence-electron chi connectivity index (χ3n) is 4.80. The Morgan fingerprint density at radius 1 is 1.25 bits per heavy atom. The fourth-order valence-corrected chi connectivity index (χ4v) is 3.87. The molecule has 3 N–H and O–H groups in total. The van der Waals surface area contributed by atoms with Gasteiger partial charge in [0.2, 0.25) is 5.78 Å². The Morgan fingerprint density at radius 2 is 1.83 bits per heavy atom. The van der Waals surface area contributed by atoms with Crippen LogP contribution in [0.4, 0.5) is 5.82 Å². The van der Waals surface area contributed by atoms with Crippen LogP contribution in [0.2, 0.25) is 0 Å². The van der Waals surface area contributed by atoms with E-state index in [-0.39, 0.29) is 23.7 Å². The molecule has 2 heterocycles. The van der Waals surface area contributed by atoms with Crippen molar-refractivity contribution < 1.29 is 9.69 Å². The third kappa shape index (κ3) is 3.61. The summed E-state index contributed by atoms with van der Waals surface area (Å²) in [4.78, 5) is 38.5. The lowest BCUT2D eigenvalue weighted by Crippen LogP contribution is -3.15. The van der Waals surface area contributed by atoms with Crippen LogP contribution in [0.25, 0.3) is 0 Å². The SMILES string of the molecule is CCCn1c(N)c(C(=O)C[NH+]2C[C@@H](C)C[C@H](C)C2)c(=O)n(C)c1=O. The Hall–Kier alpha value is -1.89. The standard InChI is InChI=1S/C17H28N4O3/c1-5-6-21-15(18)14(16(23)19(4)17(21)24)13(22)10-20-8-11(2)7-12(3)9-20/h11-12H,5-10,18H2,1-4H3/p+1/t11-,12-/m0/s1. The molecule has 1 aromatic heterocycles. The van der Waals surface area contributed by atoms with Crippen LogP contribution in [-0.2, 0) is 13.6 Å². The average molecular weight is 337 g/mol. The number of ketones is 1. The second-order valence-corrected chi connectivity index (χ2v) is 7.26. The first-order valence-corrected chi connectivity index (χ1v) is 8.72. The van der Waals surface area contributed by atoms with Gasteiger partial charge >= 0.3 is 5.69 Å². The maximum Gasteiger partial charge on any atom is 0.332 e. The number of nitrogens with two attached hydrogens (primary N) is 1. The van der Waals surface area contributed by atoms with Crippen molar-refractivity contribution in [2.75, 3.05) is 25.4 Å². The summed E-state index contributed by atoms with van der Waals surface area (Å²) in [5.41, 5.74) is 4.92. The Bertz CT molecular complexity index is 725. The molecule has 1 saturated heterocycles. The van der Waals surface area contributed by atoms with E-state index < -0.39 is 11.2 Å². The molecule has 1 aliphatic rings. The first kappa shape index (κ1) is 18.4. The van der Waals surface area contributed by atoms with Gasteiger partial charge < -0.3 is 10.6 Å². The van der Waals surface area contributed by atoms with Crippen LogP contribution in [0.5, 0.6) is 0 Å². The number of nitrogen functional groups attached to an aromatic ring is 1. The van der Waals surface area contributed by atoms with Gasteiger partial charge in [0.05, 0.1) is 13.1 Å². The zero-order valence-electron chi connectivity index (χ0n) is 15.1. The van der Waals surface area contributed by atoms with Crippen LogP contribution in [0.15, 0.2) is 9.59 Å². The third-order valence-corrected chi connectivity index (χ3v) is 4.80. The van der Waals surface area contributed by atoms with Crippen LogP contribution in [0.3, 0.4) is 0 Å². The van der Waals surface area contributed by atoms with Crippen LogP contribution >= 0.6 is 0 Å². The number of hydrogen-bond acceptors (Lipinski definition) is 4. The van der Waals surface area contributed by atoms with Crippen LogP contribution < -0.4 is 21.9 Å². The molecule has 1 aromatic rings. The predicted octanol–water partition coefficient (Wildman–Crippen LogP) is -0.717. The molecule has 0 radical (unpaired) electrons. The number of quaternary nitrogens is 1. The van der Waals surface area contributed by atoms with Crippen molar-refractivity contribution in [1.82, 2.24) is 9.13 Å². The molecular formula is C17H29N4O3+. The van der Waals surface area contributed by atoms with Gasteiger partial charge in [0.1, 0.15) is 17.9 Å². The number of Topliss-reactive ketones (excluding diaryl/α,β-unsaturated/α-hetero) is 1. The number of piperidine rings is 1. The predicted molar refractivity (Wildman–Crippen MR) is 93.5 cm³/mol. The summed E-state index contributed by atoms with van der Waals surface area (Å²) < 4.78 is 2.31. The average Bonchev–Trinajstić information content (AvgIpc) is 2.48. The first-order valence-electron chi connectivity index (χ1n) is 8.72. The molecule has 7 heteroatoms. The minimum absolute atomic E-state index is 0.00690. The summed E-state index contributed by atoms with van der Waals surface area (Å²) in [6, 6.07) is 0. The Labute approximate surface area is 142 Å². The lowest BCUT2D eigenvalue weighted by Gasteiger charge is -2.31. The normalized spacial score (nSPS) is 24.1. The number of nitrogens with one attached hydrogen (secondary N) is 1. The van der Waals surface area contributed by atoms with Crippen molar-refractivity contribution in [1.29, 1.82) is 0 Å². The van der Waals surface area contributed by atoms with Crippen molar-refractivity contribution >= 4 is 11.6 Å². The van der Waals surface area contributed by atoms with E-state index in [1.54, 1.807) is 0 Å². The highest BCUT2D eigenvalue weighted by atomic mass is 16.2. The van der Waals surface area contributed by atoms with E-state index in [1.165, 1.54) is 22.9 Å². The van der Waals surface area contributed by atoms with E-state index in [4.69, 9.17) is 5.73 Å². The summed E-state index contributed by atoms with van der Waals surface area (Å²) in [6.45, 7) is 8.78. The van der Waals surface area contributed by atoms with E-state index in [0.29, 0.717) is 24.8 Å². The molecule has 7 nitrogen and oxygen atoms in total. The maximum absolute atomic E-state index is 12.8. The van der Waals surface area contributed by atoms with Gasteiger partial charge in [-0.05, 0) is 12.8 Å². The van der Waals surface area contributed by atoms with Crippen molar-refractivity contribution in [3.63, 3.8) is 0 Å². The van der Waals surface area contributed by atoms with Crippen molar-refractivity contribution in [3.8, 4) is 0 Å². The first-order chi connectivity index (χ1) is 11.3. The van der Waals surface area contributed by atoms with Crippen molar-refractivity contribution in [3.05, 3.63) is 26.4 Å². The molecule has 0 bridgehead atoms. The molecule has 0 amide bonds. The highest BCUT2D eigenvalue weighted by Gasteiger charge is 2.29. The molecule has 2 atom stereocenters. The van der Waals surface area contributed by atoms with Gasteiger partial charge in [0, 0.05) is 25.4 Å². The van der Waals surface area contributed by atoms with Gasteiger partial charge in [0.25, 0.3) is 5.56 Å². The number of nitrogens with zero attached hydrogens (tertiary/aromatic N) is 2. The highest BCUT2D eigenvalue weighted by Crippen LogP contribution is 2.12. The molecule has 0 unspecified atom stereocenters. The zero-order valence-corrected chi connectivity index (χ0v) is 15.1. The van der Waals surface area contributed by atoms with Gasteiger partial charge in [-0.3, -0.25) is 18.7 Å². The summed E-state index contributed by atoms with van der Waals surface area (Å²) in [6.07, 6.45) is 1.87. The van der Waals surface area contributed by atoms with Gasteiger partial charge in [0.15, 0.2) is 0 Å². The molecule has 0 aliphatic carbocycles. The van der Waals surface area contributed by atoms with Gasteiger partial charge in [-0.1, -0.05) is 20.8 Å². The van der Waals surface area contributed by atoms with Gasteiger partial charge in [-0.2, -0.15) is 0 Å². The number of anilines is 1. The molecule has 1 aliphatic heterocycles. The fraction of sp³-hybridized carbons (Fsp3) is 0.706.